The van der Waals surface area contributed by atoms with Crippen LogP contribution < -0.4 is 4.74 Å². The first-order chi connectivity index (χ1) is 20.2. The summed E-state index contributed by atoms with van der Waals surface area (Å²) in [6, 6.07) is 12.3. The number of amides is 1. The van der Waals surface area contributed by atoms with Crippen molar-refractivity contribution >= 4 is 17.7 Å². The summed E-state index contributed by atoms with van der Waals surface area (Å²) < 4.78 is 11.6. The molecule has 5 atom stereocenters. The van der Waals surface area contributed by atoms with E-state index in [4.69, 9.17) is 9.15 Å². The summed E-state index contributed by atoms with van der Waals surface area (Å²) in [6.07, 6.45) is 8.02. The van der Waals surface area contributed by atoms with Crippen LogP contribution in [-0.4, -0.2) is 74.8 Å². The highest BCUT2D eigenvalue weighted by Gasteiger charge is 2.74. The first kappa shape index (κ1) is 26.7. The second-order valence-electron chi connectivity index (χ2n) is 12.0. The number of aromatic hydroxyl groups is 1. The summed E-state index contributed by atoms with van der Waals surface area (Å²) in [4.78, 5) is 29.0. The van der Waals surface area contributed by atoms with Gasteiger partial charge < -0.3 is 24.3 Å². The molecule has 2 N–H and O–H groups in total. The van der Waals surface area contributed by atoms with Crippen molar-refractivity contribution in [2.45, 2.75) is 61.3 Å². The lowest BCUT2D eigenvalue weighted by atomic mass is 9.48. The Bertz CT molecular complexity index is 1570. The smallest absolute Gasteiger partial charge is 0.276 e. The van der Waals surface area contributed by atoms with Crippen LogP contribution in [-0.2, 0) is 23.1 Å². The Hall–Kier alpha value is -4.15. The van der Waals surface area contributed by atoms with Gasteiger partial charge in [0, 0.05) is 42.4 Å². The van der Waals surface area contributed by atoms with Crippen molar-refractivity contribution in [3.05, 3.63) is 93.4 Å². The molecule has 10 heteroatoms. The van der Waals surface area contributed by atoms with Crippen LogP contribution in [0.15, 0.2) is 65.5 Å². The monoisotopic (exact) mass is 571 g/mol. The number of carbonyl (C=O) groups is 1. The van der Waals surface area contributed by atoms with Crippen LogP contribution in [0, 0.1) is 10.1 Å². The second-order valence-corrected chi connectivity index (χ2v) is 12.0. The van der Waals surface area contributed by atoms with Gasteiger partial charge in [-0.05, 0) is 56.4 Å². The number of ether oxygens (including phenoxy) is 1. The molecule has 2 bridgehead atoms. The molecule has 0 unspecified atom stereocenters. The highest BCUT2D eigenvalue weighted by atomic mass is 16.6. The number of phenolic OH excluding ortho intramolecular Hbond substituents is 1. The Labute approximate surface area is 243 Å². The Morgan fingerprint density at radius 1 is 1.26 bits per heavy atom. The molecule has 2 aliphatic heterocycles. The third-order valence-corrected chi connectivity index (χ3v) is 10.2. The van der Waals surface area contributed by atoms with Gasteiger partial charge in [-0.1, -0.05) is 30.3 Å². The fraction of sp³-hybridized carbons (Fsp3) is 0.406. The molecule has 10 nitrogen and oxygen atoms in total. The number of likely N-dealkylation sites (tertiary alicyclic amines) is 1. The standard InChI is InChI=1S/C32H33N3O7/c1-33(27(37)8-7-21-11-16-41-19-21)23-9-12-32(38)26-17-22-24(35(39)40)18-25(36)29-28(22)31(32,30(23)42-29)13-15-34(26)14-10-20-5-3-2-4-6-20/h2-8,11,16,18-19,23,26,30,36,38H,9-10,12-15,17H2,1H3/b8-7+/t23-,26-,30+,31+,32-/m1/s1. The number of carbonyl (C=O) groups excluding carboxylic acids is 1. The maximum absolute atomic E-state index is 13.3. The molecule has 1 aromatic heterocycles. The Kier molecular flexibility index (Phi) is 6.18. The van der Waals surface area contributed by atoms with E-state index in [0.717, 1.165) is 12.0 Å². The second kappa shape index (κ2) is 9.71. The zero-order valence-electron chi connectivity index (χ0n) is 23.3. The summed E-state index contributed by atoms with van der Waals surface area (Å²) >= 11 is 0. The molecule has 3 heterocycles. The van der Waals surface area contributed by atoms with Gasteiger partial charge in [-0.3, -0.25) is 19.8 Å². The molecule has 2 aliphatic carbocycles. The summed E-state index contributed by atoms with van der Waals surface area (Å²) in [6.45, 7) is 1.36. The quantitative estimate of drug-likeness (QED) is 0.249. The highest BCUT2D eigenvalue weighted by molar-refractivity contribution is 5.92. The fourth-order valence-electron chi connectivity index (χ4n) is 8.23. The first-order valence-corrected chi connectivity index (χ1v) is 14.4. The molecule has 3 aromatic rings. The molecule has 42 heavy (non-hydrogen) atoms. The number of nitro groups is 1. The zero-order valence-corrected chi connectivity index (χ0v) is 23.3. The summed E-state index contributed by atoms with van der Waals surface area (Å²) in [5.41, 5.74) is 0.621. The van der Waals surface area contributed by atoms with Gasteiger partial charge >= 0.3 is 0 Å². The Balaban J connectivity index is 1.29. The minimum atomic E-state index is -1.25. The van der Waals surface area contributed by atoms with E-state index in [0.29, 0.717) is 43.5 Å². The van der Waals surface area contributed by atoms with Crippen molar-refractivity contribution in [3.8, 4) is 11.5 Å². The van der Waals surface area contributed by atoms with Gasteiger partial charge in [-0.2, -0.15) is 0 Å². The number of likely N-dealkylation sites (N-methyl/N-ethyl adjacent to an activating group) is 1. The lowest BCUT2D eigenvalue weighted by molar-refractivity contribution is -0.386. The zero-order chi connectivity index (χ0) is 29.2. The lowest BCUT2D eigenvalue weighted by Crippen LogP contribution is -2.78. The van der Waals surface area contributed by atoms with E-state index < -0.39 is 28.1 Å². The van der Waals surface area contributed by atoms with E-state index >= 15 is 0 Å². The van der Waals surface area contributed by atoms with E-state index in [-0.39, 0.29) is 35.6 Å². The number of hydrogen-bond acceptors (Lipinski definition) is 8. The number of hydrogen-bond donors (Lipinski definition) is 2. The van der Waals surface area contributed by atoms with Crippen LogP contribution in [0.4, 0.5) is 5.69 Å². The molecule has 2 aromatic carbocycles. The molecular formula is C32H33N3O7. The molecule has 1 saturated heterocycles. The maximum Gasteiger partial charge on any atom is 0.276 e. The molecular weight excluding hydrogens is 538 g/mol. The van der Waals surface area contributed by atoms with Crippen LogP contribution in [0.3, 0.4) is 0 Å². The van der Waals surface area contributed by atoms with Gasteiger partial charge in [-0.15, -0.1) is 0 Å². The van der Waals surface area contributed by atoms with Crippen molar-refractivity contribution in [1.29, 1.82) is 0 Å². The highest BCUT2D eigenvalue weighted by Crippen LogP contribution is 2.67. The molecule has 0 radical (unpaired) electrons. The van der Waals surface area contributed by atoms with Crippen LogP contribution in [0.1, 0.15) is 41.5 Å². The van der Waals surface area contributed by atoms with Gasteiger partial charge in [0.15, 0.2) is 11.5 Å². The number of benzene rings is 2. The van der Waals surface area contributed by atoms with Gasteiger partial charge in [0.1, 0.15) is 6.10 Å². The van der Waals surface area contributed by atoms with Crippen LogP contribution in [0.25, 0.3) is 6.08 Å². The number of furan rings is 1. The van der Waals surface area contributed by atoms with Crippen molar-refractivity contribution in [2.24, 2.45) is 0 Å². The van der Waals surface area contributed by atoms with Gasteiger partial charge in [0.05, 0.1) is 40.6 Å². The SMILES string of the molecule is CN(C(=O)/C=C/c1ccoc1)[C@@H]1CC[C@@]2(O)[C@H]3Cc4c([N+](=O)[O-])cc(O)c5c4[C@@]2(CCN3CCc2ccccc2)[C@H]1O5. The molecule has 218 valence electrons. The molecule has 2 fully saturated rings. The number of aliphatic hydroxyl groups is 1. The third kappa shape index (κ3) is 3.74. The largest absolute Gasteiger partial charge is 0.504 e. The number of phenols is 1. The van der Waals surface area contributed by atoms with E-state index in [2.05, 4.69) is 17.0 Å². The van der Waals surface area contributed by atoms with Crippen molar-refractivity contribution in [1.82, 2.24) is 9.80 Å². The average molecular weight is 572 g/mol. The summed E-state index contributed by atoms with van der Waals surface area (Å²) in [5.74, 6) is -0.327. The van der Waals surface area contributed by atoms with Crippen LogP contribution >= 0.6 is 0 Å². The third-order valence-electron chi connectivity index (χ3n) is 10.2. The van der Waals surface area contributed by atoms with Crippen molar-refractivity contribution < 1.29 is 29.1 Å². The van der Waals surface area contributed by atoms with E-state index in [1.807, 2.05) is 18.2 Å². The number of nitro benzene ring substituents is 1. The van der Waals surface area contributed by atoms with E-state index in [1.165, 1.54) is 24.0 Å². The van der Waals surface area contributed by atoms with Crippen LogP contribution in [0.5, 0.6) is 11.5 Å². The molecule has 1 saturated carbocycles. The topological polar surface area (TPSA) is 130 Å². The maximum atomic E-state index is 13.3. The van der Waals surface area contributed by atoms with Crippen LogP contribution in [0.2, 0.25) is 0 Å². The number of piperidine rings is 1. The first-order valence-electron chi connectivity index (χ1n) is 14.4. The average Bonchev–Trinajstić information content (AvgIpc) is 3.63. The Morgan fingerprint density at radius 2 is 2.07 bits per heavy atom. The number of nitrogens with zero attached hydrogens (tertiary/aromatic N) is 3. The van der Waals surface area contributed by atoms with Crippen molar-refractivity contribution in [2.75, 3.05) is 20.1 Å². The minimum Gasteiger partial charge on any atom is -0.504 e. The summed E-state index contributed by atoms with van der Waals surface area (Å²) in [5, 5.41) is 36.0. The van der Waals surface area contributed by atoms with Gasteiger partial charge in [-0.25, -0.2) is 0 Å². The van der Waals surface area contributed by atoms with E-state index in [9.17, 15) is 25.1 Å². The number of rotatable bonds is 7. The molecule has 7 rings (SSSR count). The lowest BCUT2D eigenvalue weighted by Gasteiger charge is -2.64. The predicted octanol–water partition coefficient (Wildman–Crippen LogP) is 3.83. The Morgan fingerprint density at radius 3 is 2.81 bits per heavy atom. The predicted molar refractivity (Wildman–Crippen MR) is 153 cm³/mol. The minimum absolute atomic E-state index is 0.151. The van der Waals surface area contributed by atoms with Gasteiger partial charge in [0.2, 0.25) is 5.91 Å². The van der Waals surface area contributed by atoms with Crippen molar-refractivity contribution in [3.63, 3.8) is 0 Å². The van der Waals surface area contributed by atoms with Gasteiger partial charge in [0.25, 0.3) is 5.69 Å². The molecule has 1 amide bonds. The normalized spacial score (nSPS) is 29.2. The molecule has 4 aliphatic rings. The molecule has 1 spiro atoms. The van der Waals surface area contributed by atoms with E-state index in [1.54, 1.807) is 30.4 Å². The fourth-order valence-corrected chi connectivity index (χ4v) is 8.23. The summed E-state index contributed by atoms with van der Waals surface area (Å²) in [7, 11) is 1.72.